The number of pyridine rings is 1. The number of aromatic carboxylic acids is 1. The van der Waals surface area contributed by atoms with Crippen molar-refractivity contribution in [2.75, 3.05) is 20.3 Å². The lowest BCUT2D eigenvalue weighted by atomic mass is 9.86. The number of hydrogen-bond donors (Lipinski definition) is 1. The molecule has 37 heavy (non-hydrogen) atoms. The maximum atomic E-state index is 13.2. The predicted octanol–water partition coefficient (Wildman–Crippen LogP) is 4.74. The third-order valence-electron chi connectivity index (χ3n) is 6.53. The van der Waals surface area contributed by atoms with E-state index in [1.165, 1.54) is 12.3 Å². The van der Waals surface area contributed by atoms with Crippen LogP contribution in [0.5, 0.6) is 5.75 Å². The number of carbonyl (C=O) groups is 2. The number of methoxy groups -OCH3 is 1. The highest BCUT2D eigenvalue weighted by atomic mass is 16.5. The maximum Gasteiger partial charge on any atom is 0.342 e. The SMILES string of the molecule is COCCCOc1cc2c(cc1C(=O)OCc1ccccc1)-c1cc(=O)c(C(=O)O)cn1C(C(C)C)C2. The second-order valence-electron chi connectivity index (χ2n) is 9.43. The van der Waals surface area contributed by atoms with E-state index in [1.807, 2.05) is 41.0 Å². The van der Waals surface area contributed by atoms with Crippen molar-refractivity contribution in [2.45, 2.75) is 39.3 Å². The van der Waals surface area contributed by atoms with Gasteiger partial charge in [0.25, 0.3) is 0 Å². The number of fused-ring (bicyclic) bond motifs is 3. The monoisotopic (exact) mass is 505 g/mol. The van der Waals surface area contributed by atoms with Crippen LogP contribution < -0.4 is 10.2 Å². The van der Waals surface area contributed by atoms with Crippen molar-refractivity contribution < 1.29 is 28.9 Å². The molecule has 1 atom stereocenters. The first-order chi connectivity index (χ1) is 17.8. The number of hydrogen-bond acceptors (Lipinski definition) is 6. The molecule has 1 aliphatic heterocycles. The van der Waals surface area contributed by atoms with Crippen molar-refractivity contribution in [1.82, 2.24) is 4.57 Å². The average Bonchev–Trinajstić information content (AvgIpc) is 2.88. The van der Waals surface area contributed by atoms with Crippen LogP contribution in [0, 0.1) is 5.92 Å². The van der Waals surface area contributed by atoms with E-state index in [4.69, 9.17) is 14.2 Å². The number of carboxylic acids is 1. The largest absolute Gasteiger partial charge is 0.493 e. The minimum Gasteiger partial charge on any atom is -0.493 e. The van der Waals surface area contributed by atoms with E-state index < -0.39 is 17.4 Å². The molecule has 3 aromatic rings. The van der Waals surface area contributed by atoms with Gasteiger partial charge in [-0.25, -0.2) is 9.59 Å². The van der Waals surface area contributed by atoms with E-state index in [9.17, 15) is 19.5 Å². The Morgan fingerprint density at radius 3 is 2.51 bits per heavy atom. The third-order valence-corrected chi connectivity index (χ3v) is 6.53. The van der Waals surface area contributed by atoms with Crippen molar-refractivity contribution >= 4 is 11.9 Å². The van der Waals surface area contributed by atoms with Gasteiger partial charge < -0.3 is 23.9 Å². The molecule has 1 aliphatic rings. The molecule has 4 rings (SSSR count). The Hall–Kier alpha value is -3.91. The Kier molecular flexibility index (Phi) is 8.08. The molecule has 2 heterocycles. The minimum atomic E-state index is -1.27. The highest BCUT2D eigenvalue weighted by molar-refractivity contribution is 5.95. The molecule has 0 radical (unpaired) electrons. The molecular formula is C29H31NO7. The van der Waals surface area contributed by atoms with Gasteiger partial charge in [0, 0.05) is 44.0 Å². The van der Waals surface area contributed by atoms with Crippen molar-refractivity contribution in [3.8, 4) is 17.0 Å². The molecule has 0 spiro atoms. The van der Waals surface area contributed by atoms with E-state index in [0.717, 1.165) is 11.1 Å². The topological polar surface area (TPSA) is 104 Å². The molecular weight excluding hydrogens is 474 g/mol. The zero-order valence-corrected chi connectivity index (χ0v) is 21.2. The van der Waals surface area contributed by atoms with Gasteiger partial charge in [-0.1, -0.05) is 44.2 Å². The molecule has 1 aromatic heterocycles. The molecule has 0 fully saturated rings. The molecule has 1 N–H and O–H groups in total. The van der Waals surface area contributed by atoms with Gasteiger partial charge in [0.2, 0.25) is 0 Å². The van der Waals surface area contributed by atoms with Crippen molar-refractivity contribution in [2.24, 2.45) is 5.92 Å². The van der Waals surface area contributed by atoms with Crippen LogP contribution in [0.1, 0.15) is 58.2 Å². The second-order valence-corrected chi connectivity index (χ2v) is 9.43. The summed E-state index contributed by atoms with van der Waals surface area (Å²) >= 11 is 0. The van der Waals surface area contributed by atoms with Crippen LogP contribution >= 0.6 is 0 Å². The summed E-state index contributed by atoms with van der Waals surface area (Å²) < 4.78 is 18.6. The summed E-state index contributed by atoms with van der Waals surface area (Å²) in [5.74, 6) is -1.24. The summed E-state index contributed by atoms with van der Waals surface area (Å²) in [6.45, 7) is 5.09. The highest BCUT2D eigenvalue weighted by Crippen LogP contribution is 2.40. The van der Waals surface area contributed by atoms with Crippen LogP contribution in [0.2, 0.25) is 0 Å². The number of carboxylic acid groups (broad SMARTS) is 1. The number of benzene rings is 2. The number of aromatic nitrogens is 1. The van der Waals surface area contributed by atoms with Gasteiger partial charge in [-0.15, -0.1) is 0 Å². The van der Waals surface area contributed by atoms with Gasteiger partial charge in [0.05, 0.1) is 12.3 Å². The van der Waals surface area contributed by atoms with Crippen LogP contribution in [-0.4, -0.2) is 41.9 Å². The number of ether oxygens (including phenoxy) is 3. The Morgan fingerprint density at radius 2 is 1.84 bits per heavy atom. The molecule has 194 valence electrons. The highest BCUT2D eigenvalue weighted by Gasteiger charge is 2.30. The fourth-order valence-electron chi connectivity index (χ4n) is 4.58. The van der Waals surface area contributed by atoms with Gasteiger partial charge in [-0.05, 0) is 35.6 Å². The first-order valence-electron chi connectivity index (χ1n) is 12.3. The number of carbonyl (C=O) groups excluding carboxylic acids is 1. The first-order valence-corrected chi connectivity index (χ1v) is 12.3. The molecule has 0 saturated carbocycles. The Balaban J connectivity index is 1.78. The van der Waals surface area contributed by atoms with Gasteiger partial charge in [-0.2, -0.15) is 0 Å². The van der Waals surface area contributed by atoms with Crippen LogP contribution in [-0.2, 0) is 22.5 Å². The molecule has 1 unspecified atom stereocenters. The van der Waals surface area contributed by atoms with Gasteiger partial charge in [0.15, 0.2) is 5.43 Å². The lowest BCUT2D eigenvalue weighted by molar-refractivity contribution is 0.0467. The number of nitrogens with zero attached hydrogens (tertiary/aromatic N) is 1. The van der Waals surface area contributed by atoms with Gasteiger partial charge in [-0.3, -0.25) is 4.79 Å². The smallest absolute Gasteiger partial charge is 0.342 e. The van der Waals surface area contributed by atoms with Crippen LogP contribution in [0.15, 0.2) is 59.5 Å². The molecule has 0 saturated heterocycles. The summed E-state index contributed by atoms with van der Waals surface area (Å²) in [6.07, 6.45) is 2.66. The standard InChI is InChI=1S/C29H31NO7/c1-18(2)24-12-20-13-27(36-11-7-10-35-3)22(29(34)37-17-19-8-5-4-6-9-19)14-21(20)25-15-26(31)23(28(32)33)16-30(24)25/h4-6,8-9,13-16,18,24H,7,10-12,17H2,1-3H3,(H,32,33). The molecule has 2 aromatic carbocycles. The van der Waals surface area contributed by atoms with E-state index in [-0.39, 0.29) is 29.7 Å². The van der Waals surface area contributed by atoms with Crippen LogP contribution in [0.4, 0.5) is 0 Å². The Bertz CT molecular complexity index is 1340. The van der Waals surface area contributed by atoms with Crippen LogP contribution in [0.3, 0.4) is 0 Å². The number of rotatable bonds is 10. The first kappa shape index (κ1) is 26.2. The molecule has 8 nitrogen and oxygen atoms in total. The molecule has 0 bridgehead atoms. The lowest BCUT2D eigenvalue weighted by Gasteiger charge is -2.34. The predicted molar refractivity (Wildman–Crippen MR) is 138 cm³/mol. The molecule has 8 heteroatoms. The zero-order valence-electron chi connectivity index (χ0n) is 21.2. The normalized spacial score (nSPS) is 14.1. The van der Waals surface area contributed by atoms with E-state index in [0.29, 0.717) is 43.1 Å². The van der Waals surface area contributed by atoms with Crippen molar-refractivity contribution in [1.29, 1.82) is 0 Å². The number of esters is 1. The minimum absolute atomic E-state index is 0.0709. The van der Waals surface area contributed by atoms with E-state index in [1.54, 1.807) is 13.2 Å². The molecule has 0 aliphatic carbocycles. The summed E-state index contributed by atoms with van der Waals surface area (Å²) in [5, 5.41) is 9.51. The molecule has 0 amide bonds. The third kappa shape index (κ3) is 5.75. The Labute approximate surface area is 215 Å². The van der Waals surface area contributed by atoms with E-state index in [2.05, 4.69) is 13.8 Å². The summed E-state index contributed by atoms with van der Waals surface area (Å²) in [5.41, 5.74) is 2.41. The Morgan fingerprint density at radius 1 is 1.08 bits per heavy atom. The van der Waals surface area contributed by atoms with Crippen LogP contribution in [0.25, 0.3) is 11.3 Å². The van der Waals surface area contributed by atoms with Gasteiger partial charge in [0.1, 0.15) is 23.5 Å². The van der Waals surface area contributed by atoms with Gasteiger partial charge >= 0.3 is 11.9 Å². The van der Waals surface area contributed by atoms with Crippen molar-refractivity contribution in [3.63, 3.8) is 0 Å². The summed E-state index contributed by atoms with van der Waals surface area (Å²) in [6, 6.07) is 14.2. The van der Waals surface area contributed by atoms with Crippen molar-refractivity contribution in [3.05, 3.63) is 87.2 Å². The quantitative estimate of drug-likeness (QED) is 0.314. The fraction of sp³-hybridized carbons (Fsp3) is 0.345. The average molecular weight is 506 g/mol. The lowest BCUT2D eigenvalue weighted by Crippen LogP contribution is -2.28. The fourth-order valence-corrected chi connectivity index (χ4v) is 4.58. The van der Waals surface area contributed by atoms with E-state index >= 15 is 0 Å². The zero-order chi connectivity index (χ0) is 26.5. The summed E-state index contributed by atoms with van der Waals surface area (Å²) in [7, 11) is 1.62. The maximum absolute atomic E-state index is 13.2. The second kappa shape index (κ2) is 11.4. The summed E-state index contributed by atoms with van der Waals surface area (Å²) in [4.78, 5) is 37.5.